The lowest BCUT2D eigenvalue weighted by atomic mass is 9.91. The minimum atomic E-state index is -3.62. The molecule has 0 aromatic heterocycles. The number of carboxylic acid groups (broad SMARTS) is 1. The van der Waals surface area contributed by atoms with Crippen LogP contribution in [0.15, 0.2) is 0 Å². The van der Waals surface area contributed by atoms with Gasteiger partial charge in [0.1, 0.15) is 0 Å². The summed E-state index contributed by atoms with van der Waals surface area (Å²) in [4.78, 5) is 19.8. The summed E-state index contributed by atoms with van der Waals surface area (Å²) in [5, 5.41) is 8.86. The Hall–Kier alpha value is -0.380. The number of aliphatic carboxylic acids is 1. The number of carboxylic acids is 1. The number of hydrogen-bond donors (Lipinski definition) is 2. The fraction of sp³-hybridized carbons (Fsp3) is 0.875. The molecular formula is C8H17O5P. The van der Waals surface area contributed by atoms with Crippen LogP contribution in [0.25, 0.3) is 0 Å². The van der Waals surface area contributed by atoms with Gasteiger partial charge < -0.3 is 14.5 Å². The summed E-state index contributed by atoms with van der Waals surface area (Å²) in [6, 6.07) is 0. The molecule has 0 saturated heterocycles. The molecule has 0 rings (SSSR count). The second-order valence-electron chi connectivity index (χ2n) is 3.72. The van der Waals surface area contributed by atoms with Crippen LogP contribution in [0, 0.1) is 11.8 Å². The van der Waals surface area contributed by atoms with Gasteiger partial charge in [-0.2, -0.15) is 0 Å². The summed E-state index contributed by atoms with van der Waals surface area (Å²) in [5.74, 6) is -1.93. The third-order valence-electron chi connectivity index (χ3n) is 1.87. The van der Waals surface area contributed by atoms with Gasteiger partial charge in [0.25, 0.3) is 0 Å². The van der Waals surface area contributed by atoms with E-state index in [0.717, 1.165) is 6.66 Å². The van der Waals surface area contributed by atoms with Crippen LogP contribution in [0.3, 0.4) is 0 Å². The Balaban J connectivity index is 4.54. The zero-order chi connectivity index (χ0) is 11.5. The first kappa shape index (κ1) is 13.6. The molecule has 0 spiro atoms. The zero-order valence-electron chi connectivity index (χ0n) is 8.80. The van der Waals surface area contributed by atoms with Gasteiger partial charge in [-0.1, -0.05) is 13.8 Å². The van der Waals surface area contributed by atoms with Crippen LogP contribution >= 0.6 is 7.60 Å². The van der Waals surface area contributed by atoms with E-state index < -0.39 is 25.6 Å². The summed E-state index contributed by atoms with van der Waals surface area (Å²) < 4.78 is 15.7. The van der Waals surface area contributed by atoms with Crippen LogP contribution in [0.2, 0.25) is 0 Å². The first-order valence-corrected chi connectivity index (χ1v) is 6.39. The average Bonchev–Trinajstić information content (AvgIpc) is 1.78. The second kappa shape index (κ2) is 4.91. The van der Waals surface area contributed by atoms with E-state index in [-0.39, 0.29) is 5.92 Å². The number of hydrogen-bond acceptors (Lipinski definition) is 3. The van der Waals surface area contributed by atoms with Crippen molar-refractivity contribution in [3.05, 3.63) is 0 Å². The van der Waals surface area contributed by atoms with Crippen LogP contribution in [-0.2, 0) is 13.9 Å². The third-order valence-corrected chi connectivity index (χ3v) is 2.59. The van der Waals surface area contributed by atoms with Crippen LogP contribution < -0.4 is 0 Å². The predicted octanol–water partition coefficient (Wildman–Crippen LogP) is 1.56. The molecule has 0 aromatic carbocycles. The lowest BCUT2D eigenvalue weighted by Gasteiger charge is -2.24. The molecule has 0 aromatic rings. The minimum Gasteiger partial charge on any atom is -0.481 e. The zero-order valence-corrected chi connectivity index (χ0v) is 9.69. The van der Waals surface area contributed by atoms with Gasteiger partial charge in [0.2, 0.25) is 0 Å². The van der Waals surface area contributed by atoms with Crippen LogP contribution in [0.4, 0.5) is 0 Å². The molecule has 2 N–H and O–H groups in total. The Morgan fingerprint density at radius 2 is 1.79 bits per heavy atom. The molecule has 84 valence electrons. The summed E-state index contributed by atoms with van der Waals surface area (Å²) in [7, 11) is -3.62. The highest BCUT2D eigenvalue weighted by Gasteiger charge is 2.31. The van der Waals surface area contributed by atoms with Crippen molar-refractivity contribution in [3.8, 4) is 0 Å². The molecule has 0 amide bonds. The quantitative estimate of drug-likeness (QED) is 0.692. The molecule has 5 nitrogen and oxygen atoms in total. The van der Waals surface area contributed by atoms with Gasteiger partial charge in [-0.15, -0.1) is 0 Å². The molecule has 0 bridgehead atoms. The highest BCUT2D eigenvalue weighted by atomic mass is 31.2. The van der Waals surface area contributed by atoms with E-state index in [1.807, 2.05) is 0 Å². The SMILES string of the molecule is CC(C)C(C(=O)O)C(C)OP(C)(=O)O. The normalized spacial score (nSPS) is 20.1. The van der Waals surface area contributed by atoms with E-state index in [2.05, 4.69) is 0 Å². The Labute approximate surface area is 83.6 Å². The Morgan fingerprint density at radius 1 is 1.36 bits per heavy atom. The fourth-order valence-electron chi connectivity index (χ4n) is 1.40. The molecule has 0 aliphatic rings. The van der Waals surface area contributed by atoms with Crippen molar-refractivity contribution in [2.24, 2.45) is 11.8 Å². The molecule has 3 atom stereocenters. The maximum absolute atomic E-state index is 10.9. The summed E-state index contributed by atoms with van der Waals surface area (Å²) >= 11 is 0. The van der Waals surface area contributed by atoms with Crippen molar-refractivity contribution in [3.63, 3.8) is 0 Å². The summed E-state index contributed by atoms with van der Waals surface area (Å²) in [6.45, 7) is 6.00. The minimum absolute atomic E-state index is 0.144. The van der Waals surface area contributed by atoms with Crippen molar-refractivity contribution in [1.29, 1.82) is 0 Å². The Bertz CT molecular complexity index is 244. The van der Waals surface area contributed by atoms with Gasteiger partial charge in [-0.05, 0) is 12.8 Å². The monoisotopic (exact) mass is 224 g/mol. The average molecular weight is 224 g/mol. The first-order valence-electron chi connectivity index (χ1n) is 4.36. The molecular weight excluding hydrogens is 207 g/mol. The smallest absolute Gasteiger partial charge is 0.325 e. The van der Waals surface area contributed by atoms with Gasteiger partial charge in [0.15, 0.2) is 0 Å². The predicted molar refractivity (Wildman–Crippen MR) is 52.3 cm³/mol. The van der Waals surface area contributed by atoms with Crippen molar-refractivity contribution in [1.82, 2.24) is 0 Å². The molecule has 0 saturated carbocycles. The standard InChI is InChI=1S/C8H17O5P/c1-5(2)7(8(9)10)6(3)13-14(4,11)12/h5-7H,1-4H3,(H,9,10)(H,11,12). The van der Waals surface area contributed by atoms with Crippen molar-refractivity contribution >= 4 is 13.6 Å². The summed E-state index contributed by atoms with van der Waals surface area (Å²) in [5.41, 5.74) is 0. The molecule has 0 radical (unpaired) electrons. The van der Waals surface area contributed by atoms with E-state index in [9.17, 15) is 9.36 Å². The molecule has 0 aliphatic carbocycles. The first-order chi connectivity index (χ1) is 6.15. The van der Waals surface area contributed by atoms with Crippen molar-refractivity contribution < 1.29 is 23.9 Å². The number of rotatable bonds is 5. The van der Waals surface area contributed by atoms with Crippen LogP contribution in [-0.4, -0.2) is 28.7 Å². The highest BCUT2D eigenvalue weighted by Crippen LogP contribution is 2.40. The van der Waals surface area contributed by atoms with Crippen molar-refractivity contribution in [2.45, 2.75) is 26.9 Å². The summed E-state index contributed by atoms with van der Waals surface area (Å²) in [6.07, 6.45) is -0.770. The topological polar surface area (TPSA) is 83.8 Å². The van der Waals surface area contributed by atoms with E-state index >= 15 is 0 Å². The molecule has 3 unspecified atom stereocenters. The van der Waals surface area contributed by atoms with E-state index in [1.54, 1.807) is 13.8 Å². The van der Waals surface area contributed by atoms with Crippen LogP contribution in [0.5, 0.6) is 0 Å². The lowest BCUT2D eigenvalue weighted by molar-refractivity contribution is -0.146. The van der Waals surface area contributed by atoms with Gasteiger partial charge in [0.05, 0.1) is 12.0 Å². The fourth-order valence-corrected chi connectivity index (χ4v) is 2.15. The van der Waals surface area contributed by atoms with Gasteiger partial charge in [-0.3, -0.25) is 9.36 Å². The highest BCUT2D eigenvalue weighted by molar-refractivity contribution is 7.51. The number of carbonyl (C=O) groups is 1. The van der Waals surface area contributed by atoms with E-state index in [0.29, 0.717) is 0 Å². The van der Waals surface area contributed by atoms with E-state index in [1.165, 1.54) is 6.92 Å². The maximum atomic E-state index is 10.9. The molecule has 0 fully saturated rings. The molecule has 6 heteroatoms. The maximum Gasteiger partial charge on any atom is 0.325 e. The van der Waals surface area contributed by atoms with Gasteiger partial charge in [-0.25, -0.2) is 0 Å². The largest absolute Gasteiger partial charge is 0.481 e. The van der Waals surface area contributed by atoms with E-state index in [4.69, 9.17) is 14.5 Å². The molecule has 0 aliphatic heterocycles. The van der Waals surface area contributed by atoms with Crippen molar-refractivity contribution in [2.75, 3.05) is 6.66 Å². The molecule has 14 heavy (non-hydrogen) atoms. The Kier molecular flexibility index (Phi) is 4.78. The van der Waals surface area contributed by atoms with Gasteiger partial charge in [0, 0.05) is 6.66 Å². The Morgan fingerprint density at radius 3 is 2.00 bits per heavy atom. The van der Waals surface area contributed by atoms with Crippen LogP contribution in [0.1, 0.15) is 20.8 Å². The second-order valence-corrected chi connectivity index (χ2v) is 5.54. The molecule has 0 heterocycles. The third kappa shape index (κ3) is 4.74. The lowest BCUT2D eigenvalue weighted by Crippen LogP contribution is -2.31. The van der Waals surface area contributed by atoms with Gasteiger partial charge >= 0.3 is 13.6 Å².